The van der Waals surface area contributed by atoms with Crippen LogP contribution in [0.3, 0.4) is 0 Å². The van der Waals surface area contributed by atoms with Crippen molar-refractivity contribution in [2.75, 3.05) is 6.54 Å². The summed E-state index contributed by atoms with van der Waals surface area (Å²) in [6.07, 6.45) is 7.07. The van der Waals surface area contributed by atoms with Crippen molar-refractivity contribution in [1.29, 1.82) is 0 Å². The van der Waals surface area contributed by atoms with Crippen molar-refractivity contribution < 1.29 is 14.9 Å². The Labute approximate surface area is 149 Å². The highest BCUT2D eigenvalue weighted by Crippen LogP contribution is 2.23. The summed E-state index contributed by atoms with van der Waals surface area (Å²) in [5.41, 5.74) is 2.60. The third-order valence-electron chi connectivity index (χ3n) is 6.04. The number of fused-ring (bicyclic) bond motifs is 1. The SMILES string of the molecule is O=C(NC1CCCC1)[C@@H]1CCCN1C(=O)[C@@H]1Cc2ccccc2C[NH2+]1. The van der Waals surface area contributed by atoms with Crippen LogP contribution in [-0.2, 0) is 22.6 Å². The first-order valence-corrected chi connectivity index (χ1v) is 9.73. The molecule has 2 atom stereocenters. The van der Waals surface area contributed by atoms with Gasteiger partial charge in [-0.05, 0) is 31.2 Å². The highest BCUT2D eigenvalue weighted by Gasteiger charge is 2.40. The minimum atomic E-state index is -0.265. The molecule has 1 saturated heterocycles. The average Bonchev–Trinajstić information content (AvgIpc) is 3.32. The first-order valence-electron chi connectivity index (χ1n) is 9.73. The molecule has 1 saturated carbocycles. The Morgan fingerprint density at radius 2 is 1.80 bits per heavy atom. The highest BCUT2D eigenvalue weighted by atomic mass is 16.2. The fraction of sp³-hybridized carbons (Fsp3) is 0.600. The molecular weight excluding hydrogens is 314 g/mol. The largest absolute Gasteiger partial charge is 0.352 e. The number of rotatable bonds is 3. The van der Waals surface area contributed by atoms with Crippen LogP contribution in [0.4, 0.5) is 0 Å². The van der Waals surface area contributed by atoms with Gasteiger partial charge in [0.15, 0.2) is 6.04 Å². The number of likely N-dealkylation sites (tertiary alicyclic amines) is 1. The van der Waals surface area contributed by atoms with Gasteiger partial charge < -0.3 is 15.5 Å². The minimum absolute atomic E-state index is 0.0639. The van der Waals surface area contributed by atoms with E-state index in [0.717, 1.165) is 38.6 Å². The Hall–Kier alpha value is -1.88. The van der Waals surface area contributed by atoms with Gasteiger partial charge in [0, 0.05) is 24.6 Å². The van der Waals surface area contributed by atoms with E-state index >= 15 is 0 Å². The van der Waals surface area contributed by atoms with Gasteiger partial charge in [-0.2, -0.15) is 0 Å². The van der Waals surface area contributed by atoms with Crippen LogP contribution in [0.25, 0.3) is 0 Å². The number of hydrogen-bond acceptors (Lipinski definition) is 2. The molecule has 4 rings (SSSR count). The van der Waals surface area contributed by atoms with Crippen LogP contribution in [0.2, 0.25) is 0 Å². The third kappa shape index (κ3) is 3.43. The van der Waals surface area contributed by atoms with Gasteiger partial charge in [0.05, 0.1) is 0 Å². The number of nitrogens with zero attached hydrogens (tertiary/aromatic N) is 1. The lowest BCUT2D eigenvalue weighted by Crippen LogP contribution is -2.93. The Kier molecular flexibility index (Phi) is 4.75. The Bertz CT molecular complexity index is 654. The summed E-state index contributed by atoms with van der Waals surface area (Å²) in [5, 5.41) is 5.32. The molecule has 0 unspecified atom stereocenters. The number of quaternary nitrogens is 1. The second-order valence-corrected chi connectivity index (χ2v) is 7.70. The van der Waals surface area contributed by atoms with Crippen LogP contribution >= 0.6 is 0 Å². The Balaban J connectivity index is 1.41. The molecule has 3 aliphatic rings. The van der Waals surface area contributed by atoms with E-state index in [1.165, 1.54) is 24.0 Å². The van der Waals surface area contributed by atoms with Gasteiger partial charge in [-0.15, -0.1) is 0 Å². The molecule has 2 fully saturated rings. The maximum absolute atomic E-state index is 13.1. The summed E-state index contributed by atoms with van der Waals surface area (Å²) in [6, 6.07) is 8.32. The minimum Gasteiger partial charge on any atom is -0.352 e. The van der Waals surface area contributed by atoms with Crippen molar-refractivity contribution >= 4 is 11.8 Å². The van der Waals surface area contributed by atoms with Gasteiger partial charge in [0.2, 0.25) is 5.91 Å². The zero-order chi connectivity index (χ0) is 17.2. The molecule has 1 aliphatic carbocycles. The van der Waals surface area contributed by atoms with Crippen molar-refractivity contribution in [2.24, 2.45) is 0 Å². The topological polar surface area (TPSA) is 66.0 Å². The van der Waals surface area contributed by atoms with E-state index in [0.29, 0.717) is 12.6 Å². The quantitative estimate of drug-likeness (QED) is 0.850. The van der Waals surface area contributed by atoms with Gasteiger partial charge in [0.1, 0.15) is 12.6 Å². The van der Waals surface area contributed by atoms with E-state index in [2.05, 4.69) is 28.8 Å². The van der Waals surface area contributed by atoms with Crippen molar-refractivity contribution in [3.05, 3.63) is 35.4 Å². The lowest BCUT2D eigenvalue weighted by molar-refractivity contribution is -0.695. The normalized spacial score (nSPS) is 26.5. The molecule has 0 radical (unpaired) electrons. The molecule has 0 bridgehead atoms. The van der Waals surface area contributed by atoms with E-state index in [1.807, 2.05) is 11.0 Å². The molecule has 1 aromatic carbocycles. The van der Waals surface area contributed by atoms with Gasteiger partial charge in [-0.1, -0.05) is 37.1 Å². The van der Waals surface area contributed by atoms with Crippen LogP contribution in [0, 0.1) is 0 Å². The molecule has 2 amide bonds. The number of nitrogens with one attached hydrogen (secondary N) is 1. The number of benzene rings is 1. The second kappa shape index (κ2) is 7.16. The lowest BCUT2D eigenvalue weighted by atomic mass is 9.95. The summed E-state index contributed by atoms with van der Waals surface area (Å²) < 4.78 is 0. The van der Waals surface area contributed by atoms with Crippen molar-refractivity contribution in [3.63, 3.8) is 0 Å². The zero-order valence-corrected chi connectivity index (χ0v) is 14.7. The summed E-state index contributed by atoms with van der Waals surface area (Å²) in [4.78, 5) is 27.6. The van der Waals surface area contributed by atoms with E-state index in [9.17, 15) is 9.59 Å². The highest BCUT2D eigenvalue weighted by molar-refractivity contribution is 5.90. The van der Waals surface area contributed by atoms with E-state index in [-0.39, 0.29) is 23.9 Å². The molecule has 0 aromatic heterocycles. The first-order chi connectivity index (χ1) is 12.2. The van der Waals surface area contributed by atoms with Crippen LogP contribution in [0.5, 0.6) is 0 Å². The van der Waals surface area contributed by atoms with Crippen LogP contribution in [-0.4, -0.2) is 41.4 Å². The molecule has 5 nitrogen and oxygen atoms in total. The Morgan fingerprint density at radius 1 is 1.04 bits per heavy atom. The Morgan fingerprint density at radius 3 is 2.60 bits per heavy atom. The average molecular weight is 342 g/mol. The summed E-state index contributed by atoms with van der Waals surface area (Å²) in [6.45, 7) is 1.56. The van der Waals surface area contributed by atoms with Gasteiger partial charge in [-0.3, -0.25) is 9.59 Å². The van der Waals surface area contributed by atoms with Gasteiger partial charge in [0.25, 0.3) is 5.91 Å². The van der Waals surface area contributed by atoms with Gasteiger partial charge >= 0.3 is 0 Å². The molecule has 1 aromatic rings. The molecule has 2 heterocycles. The number of carbonyl (C=O) groups is 2. The van der Waals surface area contributed by atoms with E-state index < -0.39 is 0 Å². The van der Waals surface area contributed by atoms with Crippen LogP contribution in [0.1, 0.15) is 49.7 Å². The lowest BCUT2D eigenvalue weighted by Gasteiger charge is -2.30. The molecule has 2 aliphatic heterocycles. The number of amides is 2. The van der Waals surface area contributed by atoms with E-state index in [1.54, 1.807) is 0 Å². The molecule has 134 valence electrons. The predicted octanol–water partition coefficient (Wildman–Crippen LogP) is 0.725. The van der Waals surface area contributed by atoms with Gasteiger partial charge in [-0.25, -0.2) is 0 Å². The zero-order valence-electron chi connectivity index (χ0n) is 14.7. The first kappa shape index (κ1) is 16.6. The van der Waals surface area contributed by atoms with Crippen LogP contribution in [0.15, 0.2) is 24.3 Å². The van der Waals surface area contributed by atoms with Crippen molar-refractivity contribution in [3.8, 4) is 0 Å². The predicted molar refractivity (Wildman–Crippen MR) is 94.7 cm³/mol. The second-order valence-electron chi connectivity index (χ2n) is 7.70. The fourth-order valence-corrected chi connectivity index (χ4v) is 4.62. The van der Waals surface area contributed by atoms with E-state index in [4.69, 9.17) is 0 Å². The summed E-state index contributed by atoms with van der Waals surface area (Å²) >= 11 is 0. The molecule has 3 N–H and O–H groups in total. The standard InChI is InChI=1S/C20H27N3O2/c24-19(22-16-8-3-4-9-16)18-10-5-11-23(18)20(25)17-12-14-6-1-2-7-15(14)13-21-17/h1-2,6-7,16-18,21H,3-5,8-13H2,(H,22,24)/p+1/t17-,18-/m0/s1. The molecule has 5 heteroatoms. The smallest absolute Gasteiger partial charge is 0.281 e. The monoisotopic (exact) mass is 342 g/mol. The fourth-order valence-electron chi connectivity index (χ4n) is 4.62. The molecule has 25 heavy (non-hydrogen) atoms. The molecular formula is C20H28N3O2+. The maximum atomic E-state index is 13.1. The van der Waals surface area contributed by atoms with Crippen molar-refractivity contribution in [1.82, 2.24) is 10.2 Å². The number of carbonyl (C=O) groups excluding carboxylic acids is 2. The third-order valence-corrected chi connectivity index (χ3v) is 6.04. The number of nitrogens with two attached hydrogens (primary N) is 1. The number of hydrogen-bond donors (Lipinski definition) is 2. The summed E-state index contributed by atoms with van der Waals surface area (Å²) in [7, 11) is 0. The van der Waals surface area contributed by atoms with Crippen molar-refractivity contribution in [2.45, 2.75) is 69.6 Å². The summed E-state index contributed by atoms with van der Waals surface area (Å²) in [5.74, 6) is 0.201. The maximum Gasteiger partial charge on any atom is 0.281 e. The van der Waals surface area contributed by atoms with Crippen LogP contribution < -0.4 is 10.6 Å². The molecule has 0 spiro atoms.